The Morgan fingerprint density at radius 3 is 2.97 bits per heavy atom. The number of ketones is 1. The van der Waals surface area contributed by atoms with Gasteiger partial charge < -0.3 is 4.74 Å². The number of rotatable bonds is 4. The average Bonchev–Trinajstić information content (AvgIpc) is 3.30. The number of carbonyl (C=O) groups excluding carboxylic acids is 1. The van der Waals surface area contributed by atoms with E-state index >= 15 is 0 Å². The third-order valence-corrected chi connectivity index (χ3v) is 8.08. The van der Waals surface area contributed by atoms with Gasteiger partial charge in [0.05, 0.1) is 12.8 Å². The minimum absolute atomic E-state index is 0.202. The van der Waals surface area contributed by atoms with Crippen LogP contribution in [0.3, 0.4) is 0 Å². The van der Waals surface area contributed by atoms with Crippen molar-refractivity contribution >= 4 is 11.9 Å². The molecule has 0 spiro atoms. The zero-order chi connectivity index (χ0) is 20.9. The number of Topliss-reactive ketones (excluding diaryl/α,β-unsaturated/α-hetero) is 1. The summed E-state index contributed by atoms with van der Waals surface area (Å²) in [5.74, 6) is 2.97. The lowest BCUT2D eigenvalue weighted by molar-refractivity contribution is -0.127. The van der Waals surface area contributed by atoms with E-state index in [4.69, 9.17) is 4.74 Å². The number of aryl methyl sites for hydroxylation is 2. The Morgan fingerprint density at radius 1 is 1.30 bits per heavy atom. The van der Waals surface area contributed by atoms with Gasteiger partial charge in [-0.25, -0.2) is 0 Å². The summed E-state index contributed by atoms with van der Waals surface area (Å²) < 4.78 is 7.47. The van der Waals surface area contributed by atoms with E-state index in [1.54, 1.807) is 7.11 Å². The minimum Gasteiger partial charge on any atom is -0.497 e. The van der Waals surface area contributed by atoms with Crippen molar-refractivity contribution in [2.75, 3.05) is 7.11 Å². The highest BCUT2D eigenvalue weighted by molar-refractivity contribution is 6.05. The van der Waals surface area contributed by atoms with Crippen LogP contribution in [0.25, 0.3) is 6.08 Å². The van der Waals surface area contributed by atoms with E-state index in [1.807, 2.05) is 16.9 Å². The second kappa shape index (κ2) is 7.40. The van der Waals surface area contributed by atoms with Gasteiger partial charge in [0.1, 0.15) is 5.75 Å². The normalized spacial score (nSPS) is 31.4. The molecular weight excluding hydrogens is 372 g/mol. The molecule has 0 saturated heterocycles. The maximum atomic E-state index is 13.5. The van der Waals surface area contributed by atoms with Crippen molar-refractivity contribution in [3.05, 3.63) is 52.9 Å². The van der Waals surface area contributed by atoms with Gasteiger partial charge in [-0.05, 0) is 97.3 Å². The molecule has 0 radical (unpaired) electrons. The topological polar surface area (TPSA) is 44.1 Å². The van der Waals surface area contributed by atoms with Crippen molar-refractivity contribution in [1.29, 1.82) is 0 Å². The summed E-state index contributed by atoms with van der Waals surface area (Å²) in [4.78, 5) is 13.5. The second-order valence-corrected chi connectivity index (χ2v) is 9.62. The van der Waals surface area contributed by atoms with Gasteiger partial charge in [-0.3, -0.25) is 9.48 Å². The zero-order valence-electron chi connectivity index (χ0n) is 18.4. The van der Waals surface area contributed by atoms with Crippen molar-refractivity contribution in [2.24, 2.45) is 17.3 Å². The predicted octanol–water partition coefficient (Wildman–Crippen LogP) is 5.42. The molecule has 4 nitrogen and oxygen atoms in total. The van der Waals surface area contributed by atoms with Crippen molar-refractivity contribution in [2.45, 2.75) is 64.8 Å². The molecule has 2 fully saturated rings. The average molecular weight is 405 g/mol. The van der Waals surface area contributed by atoms with Crippen molar-refractivity contribution < 1.29 is 9.53 Å². The van der Waals surface area contributed by atoms with E-state index in [9.17, 15) is 4.79 Å². The lowest BCUT2D eigenvalue weighted by Gasteiger charge is -2.48. The zero-order valence-corrected chi connectivity index (χ0v) is 18.4. The molecule has 0 amide bonds. The highest BCUT2D eigenvalue weighted by Crippen LogP contribution is 2.60. The first-order valence-electron chi connectivity index (χ1n) is 11.5. The number of aromatic nitrogens is 2. The van der Waals surface area contributed by atoms with Crippen LogP contribution in [-0.4, -0.2) is 22.7 Å². The smallest absolute Gasteiger partial charge is 0.165 e. The molecule has 1 aromatic carbocycles. The maximum absolute atomic E-state index is 13.5. The Labute approximate surface area is 179 Å². The third-order valence-electron chi connectivity index (χ3n) is 8.08. The van der Waals surface area contributed by atoms with Gasteiger partial charge in [-0.1, -0.05) is 19.9 Å². The highest BCUT2D eigenvalue weighted by atomic mass is 16.5. The summed E-state index contributed by atoms with van der Waals surface area (Å²) >= 11 is 0. The Bertz CT molecular complexity index is 1000. The third kappa shape index (κ3) is 2.95. The van der Waals surface area contributed by atoms with E-state index in [2.05, 4.69) is 43.2 Å². The standard InChI is InChI=1S/C26H32N2O2/c1-4-13-28-19(10-12-27-28)14-18-16-24-23-7-5-17-15-20(30-3)6-8-21(17)22(23)9-11-26(24,2)25(18)29/h6,8,10,12,14-15,22-24H,4-5,7,9,11,13,16H2,1-3H3/b18-14+. The summed E-state index contributed by atoms with van der Waals surface area (Å²) in [7, 11) is 1.74. The van der Waals surface area contributed by atoms with Crippen LogP contribution in [0, 0.1) is 17.3 Å². The van der Waals surface area contributed by atoms with Crippen LogP contribution >= 0.6 is 0 Å². The molecule has 4 unspecified atom stereocenters. The van der Waals surface area contributed by atoms with Crippen molar-refractivity contribution in [1.82, 2.24) is 9.78 Å². The molecule has 3 aliphatic rings. The van der Waals surface area contributed by atoms with Crippen LogP contribution in [0.5, 0.6) is 5.75 Å². The van der Waals surface area contributed by atoms with E-state index in [0.29, 0.717) is 23.5 Å². The number of hydrogen-bond acceptors (Lipinski definition) is 3. The van der Waals surface area contributed by atoms with Gasteiger partial charge in [-0.2, -0.15) is 5.10 Å². The SMILES string of the molecule is CCCn1nccc1/C=C1\CC2C3CCc4cc(OC)ccc4C3CCC2(C)C1=O. The first-order valence-corrected chi connectivity index (χ1v) is 11.5. The number of hydrogen-bond donors (Lipinski definition) is 0. The number of fused-ring (bicyclic) bond motifs is 5. The molecule has 158 valence electrons. The Morgan fingerprint density at radius 2 is 2.17 bits per heavy atom. The van der Waals surface area contributed by atoms with E-state index in [0.717, 1.165) is 55.7 Å². The minimum atomic E-state index is -0.202. The summed E-state index contributed by atoms with van der Waals surface area (Å²) in [6.07, 6.45) is 10.3. The molecule has 0 N–H and O–H groups in total. The van der Waals surface area contributed by atoms with Gasteiger partial charge in [0, 0.05) is 18.2 Å². The molecule has 3 aliphatic carbocycles. The van der Waals surface area contributed by atoms with Crippen LogP contribution in [0.15, 0.2) is 36.0 Å². The molecule has 1 heterocycles. The fraction of sp³-hybridized carbons (Fsp3) is 0.538. The molecular formula is C26H32N2O2. The van der Waals surface area contributed by atoms with Gasteiger partial charge >= 0.3 is 0 Å². The first kappa shape index (κ1) is 19.6. The fourth-order valence-corrected chi connectivity index (χ4v) is 6.53. The van der Waals surface area contributed by atoms with Gasteiger partial charge in [0.2, 0.25) is 0 Å². The van der Waals surface area contributed by atoms with E-state index < -0.39 is 0 Å². The quantitative estimate of drug-likeness (QED) is 0.639. The molecule has 0 bridgehead atoms. The van der Waals surface area contributed by atoms with Crippen molar-refractivity contribution in [3.63, 3.8) is 0 Å². The molecule has 2 aromatic rings. The van der Waals surface area contributed by atoms with Gasteiger partial charge in [0.25, 0.3) is 0 Å². The lowest BCUT2D eigenvalue weighted by Crippen LogP contribution is -2.42. The van der Waals surface area contributed by atoms with Gasteiger partial charge in [-0.15, -0.1) is 0 Å². The number of methoxy groups -OCH3 is 1. The molecule has 4 heteroatoms. The molecule has 2 saturated carbocycles. The molecule has 5 rings (SSSR count). The Hall–Kier alpha value is -2.36. The summed E-state index contributed by atoms with van der Waals surface area (Å²) in [6, 6.07) is 8.65. The monoisotopic (exact) mass is 404 g/mol. The largest absolute Gasteiger partial charge is 0.497 e. The van der Waals surface area contributed by atoms with Crippen LogP contribution in [0.2, 0.25) is 0 Å². The number of allylic oxidation sites excluding steroid dienone is 1. The molecule has 30 heavy (non-hydrogen) atoms. The van der Waals surface area contributed by atoms with Crippen LogP contribution < -0.4 is 4.74 Å². The summed E-state index contributed by atoms with van der Waals surface area (Å²) in [5.41, 5.74) is 4.83. The predicted molar refractivity (Wildman–Crippen MR) is 118 cm³/mol. The van der Waals surface area contributed by atoms with E-state index in [1.165, 1.54) is 17.5 Å². The van der Waals surface area contributed by atoms with Crippen LogP contribution in [0.1, 0.15) is 68.7 Å². The highest BCUT2D eigenvalue weighted by Gasteiger charge is 2.56. The fourth-order valence-electron chi connectivity index (χ4n) is 6.53. The van der Waals surface area contributed by atoms with Crippen LogP contribution in [-0.2, 0) is 17.8 Å². The van der Waals surface area contributed by atoms with Gasteiger partial charge in [0.15, 0.2) is 5.78 Å². The molecule has 4 atom stereocenters. The second-order valence-electron chi connectivity index (χ2n) is 9.62. The number of nitrogens with zero attached hydrogens (tertiary/aromatic N) is 2. The van der Waals surface area contributed by atoms with E-state index in [-0.39, 0.29) is 5.41 Å². The summed E-state index contributed by atoms with van der Waals surface area (Å²) in [6.45, 7) is 5.29. The number of ether oxygens (including phenoxy) is 1. The van der Waals surface area contributed by atoms with Crippen molar-refractivity contribution in [3.8, 4) is 5.75 Å². The number of benzene rings is 1. The Kier molecular flexibility index (Phi) is 4.83. The first-order chi connectivity index (χ1) is 14.5. The molecule has 1 aromatic heterocycles. The Balaban J connectivity index is 1.46. The maximum Gasteiger partial charge on any atom is 0.165 e. The van der Waals surface area contributed by atoms with Crippen LogP contribution in [0.4, 0.5) is 0 Å². The molecule has 0 aliphatic heterocycles. The lowest BCUT2D eigenvalue weighted by atomic mass is 9.55. The number of carbonyl (C=O) groups is 1. The summed E-state index contributed by atoms with van der Waals surface area (Å²) in [5, 5.41) is 4.44.